The molecule has 0 atom stereocenters. The fourth-order valence-electron chi connectivity index (χ4n) is 1.98. The Hall–Kier alpha value is -0.530. The van der Waals surface area contributed by atoms with Crippen molar-refractivity contribution in [2.24, 2.45) is 11.8 Å². The predicted octanol–water partition coefficient (Wildman–Crippen LogP) is 1.65. The van der Waals surface area contributed by atoms with Gasteiger partial charge in [0.05, 0.1) is 0 Å². The van der Waals surface area contributed by atoms with Crippen molar-refractivity contribution in [3.63, 3.8) is 0 Å². The lowest BCUT2D eigenvalue weighted by atomic mass is 9.82. The molecular formula is C10H17NO. The molecule has 1 aliphatic carbocycles. The zero-order chi connectivity index (χ0) is 8.55. The van der Waals surface area contributed by atoms with Crippen LogP contribution in [0.1, 0.15) is 32.6 Å². The van der Waals surface area contributed by atoms with E-state index in [1.165, 1.54) is 19.3 Å². The number of hydrogen-bond acceptors (Lipinski definition) is 1. The van der Waals surface area contributed by atoms with Gasteiger partial charge in [-0.15, -0.1) is 0 Å². The summed E-state index contributed by atoms with van der Waals surface area (Å²) in [7, 11) is 0. The monoisotopic (exact) mass is 167 g/mol. The van der Waals surface area contributed by atoms with Crippen molar-refractivity contribution in [2.45, 2.75) is 32.6 Å². The van der Waals surface area contributed by atoms with E-state index in [2.05, 4.69) is 6.92 Å². The summed E-state index contributed by atoms with van der Waals surface area (Å²) in [6, 6.07) is 0. The van der Waals surface area contributed by atoms with Crippen LogP contribution in [0, 0.1) is 11.8 Å². The van der Waals surface area contributed by atoms with Crippen molar-refractivity contribution < 1.29 is 4.79 Å². The quantitative estimate of drug-likeness (QED) is 0.612. The molecule has 1 saturated carbocycles. The maximum absolute atomic E-state index is 11.5. The molecule has 0 aromatic rings. The standard InChI is InChI=1S/C10H17NO/c1-8-6-11(7-8)10(12)5-9-3-2-4-9/h8-9H,2-7H2,1H3. The topological polar surface area (TPSA) is 20.3 Å². The van der Waals surface area contributed by atoms with Crippen LogP contribution in [0.3, 0.4) is 0 Å². The van der Waals surface area contributed by atoms with Crippen LogP contribution in [0.5, 0.6) is 0 Å². The van der Waals surface area contributed by atoms with Gasteiger partial charge in [0.15, 0.2) is 0 Å². The second kappa shape index (κ2) is 3.08. The number of carbonyl (C=O) groups excluding carboxylic acids is 1. The summed E-state index contributed by atoms with van der Waals surface area (Å²) >= 11 is 0. The molecule has 1 aliphatic heterocycles. The molecule has 0 unspecified atom stereocenters. The number of amides is 1. The molecule has 2 heteroatoms. The second-order valence-corrected chi connectivity index (χ2v) is 4.40. The SMILES string of the molecule is CC1CN(C(=O)CC2CCC2)C1. The van der Waals surface area contributed by atoms with Crippen molar-refractivity contribution in [1.82, 2.24) is 4.90 Å². The van der Waals surface area contributed by atoms with Crippen molar-refractivity contribution >= 4 is 5.91 Å². The van der Waals surface area contributed by atoms with E-state index in [-0.39, 0.29) is 0 Å². The number of nitrogens with zero attached hydrogens (tertiary/aromatic N) is 1. The third-order valence-corrected chi connectivity index (χ3v) is 3.10. The molecule has 2 aliphatic rings. The Labute approximate surface area is 73.9 Å². The van der Waals surface area contributed by atoms with Crippen LogP contribution < -0.4 is 0 Å². The molecule has 0 spiro atoms. The minimum Gasteiger partial charge on any atom is -0.342 e. The highest BCUT2D eigenvalue weighted by Crippen LogP contribution is 2.30. The molecule has 0 aromatic heterocycles. The summed E-state index contributed by atoms with van der Waals surface area (Å²) in [6.45, 7) is 4.21. The summed E-state index contributed by atoms with van der Waals surface area (Å²) in [4.78, 5) is 13.5. The zero-order valence-corrected chi connectivity index (χ0v) is 7.75. The molecule has 1 saturated heterocycles. The highest BCUT2D eigenvalue weighted by atomic mass is 16.2. The van der Waals surface area contributed by atoms with E-state index in [1.54, 1.807) is 0 Å². The van der Waals surface area contributed by atoms with Gasteiger partial charge in [-0.1, -0.05) is 13.3 Å². The maximum Gasteiger partial charge on any atom is 0.222 e. The van der Waals surface area contributed by atoms with E-state index in [0.717, 1.165) is 31.3 Å². The molecule has 68 valence electrons. The Morgan fingerprint density at radius 1 is 1.42 bits per heavy atom. The number of likely N-dealkylation sites (tertiary alicyclic amines) is 1. The maximum atomic E-state index is 11.5. The van der Waals surface area contributed by atoms with Gasteiger partial charge in [-0.2, -0.15) is 0 Å². The molecule has 2 rings (SSSR count). The first-order valence-corrected chi connectivity index (χ1v) is 5.03. The fourth-order valence-corrected chi connectivity index (χ4v) is 1.98. The summed E-state index contributed by atoms with van der Waals surface area (Å²) < 4.78 is 0. The van der Waals surface area contributed by atoms with Crippen LogP contribution in [-0.4, -0.2) is 23.9 Å². The van der Waals surface area contributed by atoms with E-state index >= 15 is 0 Å². The van der Waals surface area contributed by atoms with Crippen LogP contribution >= 0.6 is 0 Å². The van der Waals surface area contributed by atoms with E-state index in [4.69, 9.17) is 0 Å². The Morgan fingerprint density at radius 2 is 2.08 bits per heavy atom. The van der Waals surface area contributed by atoms with E-state index in [0.29, 0.717) is 5.91 Å². The van der Waals surface area contributed by atoms with Crippen LogP contribution in [-0.2, 0) is 4.79 Å². The highest BCUT2D eigenvalue weighted by Gasteiger charge is 2.29. The first-order valence-electron chi connectivity index (χ1n) is 5.03. The third-order valence-electron chi connectivity index (χ3n) is 3.10. The van der Waals surface area contributed by atoms with Crippen molar-refractivity contribution in [1.29, 1.82) is 0 Å². The summed E-state index contributed by atoms with van der Waals surface area (Å²) in [5, 5.41) is 0. The molecule has 2 nitrogen and oxygen atoms in total. The lowest BCUT2D eigenvalue weighted by molar-refractivity contribution is -0.138. The molecular weight excluding hydrogens is 150 g/mol. The van der Waals surface area contributed by atoms with Gasteiger partial charge in [0.1, 0.15) is 0 Å². The smallest absolute Gasteiger partial charge is 0.222 e. The third kappa shape index (κ3) is 1.47. The van der Waals surface area contributed by atoms with E-state index in [1.807, 2.05) is 4.90 Å². The average Bonchev–Trinajstić information content (AvgIpc) is 1.90. The minimum atomic E-state index is 0.401. The normalized spacial score (nSPS) is 24.9. The summed E-state index contributed by atoms with van der Waals surface area (Å²) in [5.74, 6) is 1.88. The van der Waals surface area contributed by atoms with Gasteiger partial charge in [0.25, 0.3) is 0 Å². The molecule has 0 radical (unpaired) electrons. The first kappa shape index (κ1) is 8.09. The zero-order valence-electron chi connectivity index (χ0n) is 7.75. The molecule has 2 fully saturated rings. The van der Waals surface area contributed by atoms with Crippen molar-refractivity contribution in [2.75, 3.05) is 13.1 Å². The molecule has 0 aromatic carbocycles. The summed E-state index contributed by atoms with van der Waals surface area (Å²) in [6.07, 6.45) is 4.74. The van der Waals surface area contributed by atoms with Gasteiger partial charge < -0.3 is 4.90 Å². The Bertz CT molecular complexity index is 180. The van der Waals surface area contributed by atoms with E-state index < -0.39 is 0 Å². The second-order valence-electron chi connectivity index (χ2n) is 4.40. The first-order chi connectivity index (χ1) is 5.75. The fraction of sp³-hybridized carbons (Fsp3) is 0.900. The van der Waals surface area contributed by atoms with Crippen LogP contribution in [0.2, 0.25) is 0 Å². The predicted molar refractivity (Wildman–Crippen MR) is 47.7 cm³/mol. The van der Waals surface area contributed by atoms with Crippen LogP contribution in [0.25, 0.3) is 0 Å². The molecule has 0 N–H and O–H groups in total. The Morgan fingerprint density at radius 3 is 2.50 bits per heavy atom. The van der Waals surface area contributed by atoms with Gasteiger partial charge in [-0.05, 0) is 24.7 Å². The van der Waals surface area contributed by atoms with Gasteiger partial charge in [0, 0.05) is 19.5 Å². The van der Waals surface area contributed by atoms with Gasteiger partial charge in [-0.3, -0.25) is 4.79 Å². The average molecular weight is 167 g/mol. The van der Waals surface area contributed by atoms with E-state index in [9.17, 15) is 4.79 Å². The summed E-state index contributed by atoms with van der Waals surface area (Å²) in [5.41, 5.74) is 0. The Kier molecular flexibility index (Phi) is 2.07. The van der Waals surface area contributed by atoms with Crippen molar-refractivity contribution in [3.8, 4) is 0 Å². The number of carbonyl (C=O) groups is 1. The molecule has 12 heavy (non-hydrogen) atoms. The molecule has 1 amide bonds. The lowest BCUT2D eigenvalue weighted by Crippen LogP contribution is -2.49. The molecule has 1 heterocycles. The van der Waals surface area contributed by atoms with Gasteiger partial charge >= 0.3 is 0 Å². The van der Waals surface area contributed by atoms with Crippen molar-refractivity contribution in [3.05, 3.63) is 0 Å². The Balaban J connectivity index is 1.70. The largest absolute Gasteiger partial charge is 0.342 e. The lowest BCUT2D eigenvalue weighted by Gasteiger charge is -2.39. The number of rotatable bonds is 2. The van der Waals surface area contributed by atoms with Crippen LogP contribution in [0.4, 0.5) is 0 Å². The van der Waals surface area contributed by atoms with Crippen LogP contribution in [0.15, 0.2) is 0 Å². The molecule has 0 bridgehead atoms. The number of hydrogen-bond donors (Lipinski definition) is 0. The van der Waals surface area contributed by atoms with Gasteiger partial charge in [0.2, 0.25) is 5.91 Å². The van der Waals surface area contributed by atoms with Gasteiger partial charge in [-0.25, -0.2) is 0 Å². The minimum absolute atomic E-state index is 0.401. The highest BCUT2D eigenvalue weighted by molar-refractivity contribution is 5.77.